The summed E-state index contributed by atoms with van der Waals surface area (Å²) < 4.78 is 32.7. The summed E-state index contributed by atoms with van der Waals surface area (Å²) in [5.41, 5.74) is -0.517. The van der Waals surface area contributed by atoms with Crippen molar-refractivity contribution in [3.63, 3.8) is 0 Å². The van der Waals surface area contributed by atoms with Crippen LogP contribution in [0.2, 0.25) is 0 Å². The average molecular weight is 539 g/mol. The summed E-state index contributed by atoms with van der Waals surface area (Å²) >= 11 is 0. The van der Waals surface area contributed by atoms with Crippen LogP contribution in [0.5, 0.6) is 11.5 Å². The van der Waals surface area contributed by atoms with E-state index in [9.17, 15) is 35.4 Å². The van der Waals surface area contributed by atoms with Crippen molar-refractivity contribution in [3.8, 4) is 11.5 Å². The predicted octanol–water partition coefficient (Wildman–Crippen LogP) is -1.61. The van der Waals surface area contributed by atoms with Crippen molar-refractivity contribution < 1.29 is 63.9 Å². The summed E-state index contributed by atoms with van der Waals surface area (Å²) in [6.07, 6.45) is -4.80. The Bertz CT molecular complexity index is 1090. The first-order valence-electron chi connectivity index (χ1n) is 12.1. The Kier molecular flexibility index (Phi) is 7.37. The van der Waals surface area contributed by atoms with Crippen LogP contribution in [0.3, 0.4) is 0 Å². The van der Waals surface area contributed by atoms with Gasteiger partial charge < -0.3 is 59.1 Å². The number of esters is 1. The number of carbonyl (C=O) groups excluding carboxylic acids is 1. The number of epoxide rings is 1. The maximum Gasteiger partial charge on any atom is 0.330 e. The van der Waals surface area contributed by atoms with Crippen molar-refractivity contribution in [2.24, 2.45) is 11.8 Å². The highest BCUT2D eigenvalue weighted by molar-refractivity contribution is 5.87. The molecule has 6 N–H and O–H groups in total. The number of rotatable bonds is 8. The molecule has 11 atom stereocenters. The number of fused-ring (bicyclic) bond motifs is 3. The number of hydrogen-bond donors (Lipinski definition) is 6. The molecule has 3 fully saturated rings. The van der Waals surface area contributed by atoms with Crippen LogP contribution in [0.15, 0.2) is 36.6 Å². The summed E-state index contributed by atoms with van der Waals surface area (Å²) in [6.45, 7) is -0.861. The Hall–Kier alpha value is -2.75. The molecule has 0 radical (unpaired) electrons. The third-order valence-electron chi connectivity index (χ3n) is 7.45. The molecule has 0 bridgehead atoms. The lowest BCUT2D eigenvalue weighted by Gasteiger charge is -2.43. The second-order valence-electron chi connectivity index (χ2n) is 9.62. The third-order valence-corrected chi connectivity index (χ3v) is 7.45. The zero-order valence-corrected chi connectivity index (χ0v) is 20.3. The fourth-order valence-electron chi connectivity index (χ4n) is 5.34. The summed E-state index contributed by atoms with van der Waals surface area (Å²) in [5.74, 6) is -1.68. The van der Waals surface area contributed by atoms with Crippen LogP contribution < -0.4 is 4.74 Å². The maximum atomic E-state index is 12.2. The van der Waals surface area contributed by atoms with Gasteiger partial charge >= 0.3 is 5.97 Å². The van der Waals surface area contributed by atoms with Crippen LogP contribution >= 0.6 is 0 Å². The number of hydrogen-bond acceptors (Lipinski definition) is 13. The lowest BCUT2D eigenvalue weighted by atomic mass is 9.85. The molecule has 2 saturated heterocycles. The highest BCUT2D eigenvalue weighted by Crippen LogP contribution is 2.59. The van der Waals surface area contributed by atoms with Gasteiger partial charge in [0.15, 0.2) is 17.8 Å². The van der Waals surface area contributed by atoms with E-state index >= 15 is 0 Å². The summed E-state index contributed by atoms with van der Waals surface area (Å²) in [4.78, 5) is 12.2. The zero-order chi connectivity index (χ0) is 27.2. The Morgan fingerprint density at radius 1 is 1.11 bits per heavy atom. The van der Waals surface area contributed by atoms with Gasteiger partial charge in [0, 0.05) is 12.0 Å². The van der Waals surface area contributed by atoms with Crippen LogP contribution in [0.25, 0.3) is 6.08 Å². The maximum absolute atomic E-state index is 12.2. The number of carbonyl (C=O) groups is 1. The molecule has 0 unspecified atom stereocenters. The van der Waals surface area contributed by atoms with Gasteiger partial charge in [-0.1, -0.05) is 6.07 Å². The smallest absolute Gasteiger partial charge is 0.330 e. The molecule has 13 heteroatoms. The van der Waals surface area contributed by atoms with Crippen LogP contribution in [0.1, 0.15) is 5.56 Å². The van der Waals surface area contributed by atoms with Gasteiger partial charge in [-0.25, -0.2) is 4.79 Å². The van der Waals surface area contributed by atoms with Crippen molar-refractivity contribution in [2.45, 2.75) is 54.8 Å². The summed E-state index contributed by atoms with van der Waals surface area (Å²) in [6, 6.07) is 4.47. The van der Waals surface area contributed by atoms with Gasteiger partial charge in [-0.05, 0) is 29.8 Å². The minimum Gasteiger partial charge on any atom is -0.504 e. The van der Waals surface area contributed by atoms with Gasteiger partial charge in [-0.3, -0.25) is 0 Å². The second kappa shape index (κ2) is 10.4. The fraction of sp³-hybridized carbons (Fsp3) is 0.560. The van der Waals surface area contributed by atoms with Crippen LogP contribution in [-0.4, -0.2) is 112 Å². The Morgan fingerprint density at radius 2 is 1.89 bits per heavy atom. The Balaban J connectivity index is 1.21. The number of ether oxygens (including phenoxy) is 6. The van der Waals surface area contributed by atoms with E-state index in [0.29, 0.717) is 5.56 Å². The highest BCUT2D eigenvalue weighted by atomic mass is 16.8. The van der Waals surface area contributed by atoms with Gasteiger partial charge in [0.05, 0.1) is 32.0 Å². The monoisotopic (exact) mass is 538 g/mol. The van der Waals surface area contributed by atoms with E-state index in [1.807, 2.05) is 0 Å². The first kappa shape index (κ1) is 26.8. The molecule has 1 aromatic rings. The van der Waals surface area contributed by atoms with Crippen molar-refractivity contribution >= 4 is 12.0 Å². The molecular formula is C25H30O13. The van der Waals surface area contributed by atoms with Gasteiger partial charge in [0.1, 0.15) is 42.7 Å². The predicted molar refractivity (Wildman–Crippen MR) is 124 cm³/mol. The number of benzene rings is 1. The first-order chi connectivity index (χ1) is 18.2. The highest BCUT2D eigenvalue weighted by Gasteiger charge is 2.75. The van der Waals surface area contributed by atoms with Crippen LogP contribution in [0, 0.1) is 11.8 Å². The van der Waals surface area contributed by atoms with E-state index in [4.69, 9.17) is 28.4 Å². The number of phenols is 1. The molecule has 3 aliphatic heterocycles. The van der Waals surface area contributed by atoms with Crippen molar-refractivity contribution in [2.75, 3.05) is 20.3 Å². The average Bonchev–Trinajstić information content (AvgIpc) is 3.61. The van der Waals surface area contributed by atoms with Gasteiger partial charge in [0.25, 0.3) is 0 Å². The molecular weight excluding hydrogens is 508 g/mol. The van der Waals surface area contributed by atoms with Crippen LogP contribution in [0.4, 0.5) is 0 Å². The molecule has 13 nitrogen and oxygen atoms in total. The second-order valence-corrected chi connectivity index (χ2v) is 9.62. The minimum absolute atomic E-state index is 0.0570. The first-order valence-corrected chi connectivity index (χ1v) is 12.1. The van der Waals surface area contributed by atoms with Crippen molar-refractivity contribution in [1.82, 2.24) is 0 Å². The number of methoxy groups -OCH3 is 1. The third kappa shape index (κ3) is 4.65. The minimum atomic E-state index is -1.70. The van der Waals surface area contributed by atoms with E-state index in [0.717, 1.165) is 6.08 Å². The molecule has 1 aliphatic carbocycles. The number of phenolic OH excluding ortho intramolecular Hbond substituents is 1. The topological polar surface area (TPSA) is 197 Å². The normalized spacial score (nSPS) is 41.3. The lowest BCUT2D eigenvalue weighted by Crippen LogP contribution is -2.60. The molecule has 1 saturated carbocycles. The quantitative estimate of drug-likeness (QED) is 0.126. The van der Waals surface area contributed by atoms with Crippen molar-refractivity contribution in [1.29, 1.82) is 0 Å². The number of aliphatic hydroxyl groups excluding tert-OH is 5. The van der Waals surface area contributed by atoms with E-state index in [2.05, 4.69) is 0 Å². The van der Waals surface area contributed by atoms with Crippen LogP contribution in [-0.2, 0) is 28.5 Å². The molecule has 0 spiro atoms. The van der Waals surface area contributed by atoms with Crippen molar-refractivity contribution in [3.05, 3.63) is 42.2 Å². The lowest BCUT2D eigenvalue weighted by molar-refractivity contribution is -0.344. The standard InChI is InChI=1S/C25H30O13/c1-33-14-8-11(2-4-13(14)27)3-5-16(28)35-9-15-19(30)20(31)21(32)24(36-15)37-23-17-12(6-7-34-23)18(29)22-25(17,10-26)38-22/h2-8,12,15,17-24,26-27,29-32H,9-10H2,1H3/t12-,15+,17+,18-,19+,20+,21+,22-,23-,24-,25+/m0/s1. The Morgan fingerprint density at radius 3 is 2.63 bits per heavy atom. The van der Waals surface area contributed by atoms with E-state index < -0.39 is 79.2 Å². The zero-order valence-electron chi connectivity index (χ0n) is 20.3. The van der Waals surface area contributed by atoms with Gasteiger partial charge in [-0.15, -0.1) is 0 Å². The molecule has 4 aliphatic rings. The van der Waals surface area contributed by atoms with E-state index in [1.165, 1.54) is 31.6 Å². The SMILES string of the molecule is COc1cc(C=CC(=O)OC[C@H]2O[C@@H](O[C@@H]3OC=C[C@@H]4[C@H](O)[C@@H]5O[C@]5(CO)[C@@H]34)[C@H](O)[C@H](O)[C@@H]2O)ccc1O. The molecule has 1 aromatic carbocycles. The Labute approximate surface area is 217 Å². The molecule has 0 aromatic heterocycles. The molecule has 38 heavy (non-hydrogen) atoms. The fourth-order valence-corrected chi connectivity index (χ4v) is 5.34. The largest absolute Gasteiger partial charge is 0.504 e. The molecule has 208 valence electrons. The molecule has 0 amide bonds. The summed E-state index contributed by atoms with van der Waals surface area (Å²) in [5, 5.41) is 61.3. The molecule has 3 heterocycles. The van der Waals surface area contributed by atoms with Gasteiger partial charge in [-0.2, -0.15) is 0 Å². The van der Waals surface area contributed by atoms with E-state index in [-0.39, 0.29) is 18.1 Å². The number of aliphatic hydroxyl groups is 5. The number of aromatic hydroxyl groups is 1. The van der Waals surface area contributed by atoms with E-state index in [1.54, 1.807) is 12.1 Å². The summed E-state index contributed by atoms with van der Waals surface area (Å²) in [7, 11) is 1.39. The van der Waals surface area contributed by atoms with Gasteiger partial charge in [0.2, 0.25) is 6.29 Å². The molecule has 5 rings (SSSR count).